The van der Waals surface area contributed by atoms with Crippen LogP contribution in [0.1, 0.15) is 39.2 Å². The quantitative estimate of drug-likeness (QED) is 0.494. The smallest absolute Gasteiger partial charge is 0.281 e. The van der Waals surface area contributed by atoms with E-state index >= 15 is 0 Å². The fraction of sp³-hybridized carbons (Fsp3) is 0.455. The lowest BCUT2D eigenvalue weighted by molar-refractivity contribution is 0.108. The van der Waals surface area contributed by atoms with Crippen LogP contribution < -0.4 is 4.74 Å². The lowest BCUT2D eigenvalue weighted by Crippen LogP contribution is -2.37. The standard InChI is InChI=1S/C22H26ClN3OS/c1-22(2,3)16-8-10-26(11-9-16)14-15-4-6-18(7-5-15)27-21-25-20-19(28-21)12-17(23)13-24-20/h4-7,12-13,16H,8-11,14H2,1-3H3. The lowest BCUT2D eigenvalue weighted by Gasteiger charge is -2.38. The van der Waals surface area contributed by atoms with Gasteiger partial charge in [0.25, 0.3) is 5.19 Å². The molecule has 0 aliphatic carbocycles. The molecule has 28 heavy (non-hydrogen) atoms. The monoisotopic (exact) mass is 415 g/mol. The van der Waals surface area contributed by atoms with Gasteiger partial charge >= 0.3 is 0 Å². The summed E-state index contributed by atoms with van der Waals surface area (Å²) < 4.78 is 6.84. The highest BCUT2D eigenvalue weighted by atomic mass is 35.5. The first-order chi connectivity index (χ1) is 13.4. The van der Waals surface area contributed by atoms with E-state index in [-0.39, 0.29) is 0 Å². The van der Waals surface area contributed by atoms with Crippen LogP contribution in [0.4, 0.5) is 0 Å². The predicted molar refractivity (Wildman–Crippen MR) is 116 cm³/mol. The maximum absolute atomic E-state index is 5.99. The summed E-state index contributed by atoms with van der Waals surface area (Å²) in [5.41, 5.74) is 2.41. The molecular formula is C22H26ClN3OS. The Kier molecular flexibility index (Phi) is 5.59. The molecule has 3 heterocycles. The second-order valence-electron chi connectivity index (χ2n) is 8.62. The zero-order chi connectivity index (χ0) is 19.7. The van der Waals surface area contributed by atoms with E-state index in [1.807, 2.05) is 18.2 Å². The van der Waals surface area contributed by atoms with Gasteiger partial charge in [0.1, 0.15) is 5.75 Å². The Morgan fingerprint density at radius 3 is 2.57 bits per heavy atom. The van der Waals surface area contributed by atoms with Gasteiger partial charge in [0.05, 0.1) is 9.72 Å². The van der Waals surface area contributed by atoms with Crippen molar-refractivity contribution in [2.45, 2.75) is 40.2 Å². The van der Waals surface area contributed by atoms with Gasteiger partial charge in [-0.3, -0.25) is 4.90 Å². The van der Waals surface area contributed by atoms with Crippen LogP contribution in [0.5, 0.6) is 10.9 Å². The van der Waals surface area contributed by atoms with Crippen LogP contribution in [0.3, 0.4) is 0 Å². The summed E-state index contributed by atoms with van der Waals surface area (Å²) in [4.78, 5) is 11.2. The summed E-state index contributed by atoms with van der Waals surface area (Å²) in [5.74, 6) is 1.62. The van der Waals surface area contributed by atoms with Gasteiger partial charge in [-0.05, 0) is 61.0 Å². The molecule has 1 saturated heterocycles. The van der Waals surface area contributed by atoms with E-state index in [1.165, 1.54) is 42.8 Å². The Morgan fingerprint density at radius 2 is 1.89 bits per heavy atom. The molecule has 4 nitrogen and oxygen atoms in total. The van der Waals surface area contributed by atoms with Crippen molar-refractivity contribution in [3.8, 4) is 10.9 Å². The van der Waals surface area contributed by atoms with Crippen molar-refractivity contribution in [2.24, 2.45) is 11.3 Å². The van der Waals surface area contributed by atoms with E-state index in [4.69, 9.17) is 16.3 Å². The van der Waals surface area contributed by atoms with E-state index in [9.17, 15) is 0 Å². The van der Waals surface area contributed by atoms with Crippen LogP contribution in [0.15, 0.2) is 36.5 Å². The Morgan fingerprint density at radius 1 is 1.18 bits per heavy atom. The number of benzene rings is 1. The van der Waals surface area contributed by atoms with Crippen molar-refractivity contribution in [3.05, 3.63) is 47.1 Å². The molecule has 148 valence electrons. The molecule has 0 N–H and O–H groups in total. The molecular weight excluding hydrogens is 390 g/mol. The number of ether oxygens (including phenoxy) is 1. The summed E-state index contributed by atoms with van der Waals surface area (Å²) in [7, 11) is 0. The predicted octanol–water partition coefficient (Wildman–Crippen LogP) is 6.40. The summed E-state index contributed by atoms with van der Waals surface area (Å²) >= 11 is 7.44. The second-order valence-corrected chi connectivity index (χ2v) is 10.0. The van der Waals surface area contributed by atoms with E-state index in [0.29, 0.717) is 21.3 Å². The molecule has 3 aromatic rings. The minimum atomic E-state index is 0.423. The van der Waals surface area contributed by atoms with E-state index < -0.39 is 0 Å². The second kappa shape index (κ2) is 7.97. The number of thiazole rings is 1. The van der Waals surface area contributed by atoms with Gasteiger partial charge in [-0.15, -0.1) is 0 Å². The number of hydrogen-bond acceptors (Lipinski definition) is 5. The van der Waals surface area contributed by atoms with Gasteiger partial charge in [-0.1, -0.05) is 55.8 Å². The summed E-state index contributed by atoms with van der Waals surface area (Å²) in [6, 6.07) is 10.2. The number of likely N-dealkylation sites (tertiary alicyclic amines) is 1. The van der Waals surface area contributed by atoms with E-state index in [2.05, 4.69) is 47.8 Å². The molecule has 0 spiro atoms. The Hall–Kier alpha value is -1.69. The summed E-state index contributed by atoms with van der Waals surface area (Å²) in [6.45, 7) is 10.5. The molecule has 0 saturated carbocycles. The first-order valence-corrected chi connectivity index (χ1v) is 11.0. The topological polar surface area (TPSA) is 38.2 Å². The summed E-state index contributed by atoms with van der Waals surface area (Å²) in [6.07, 6.45) is 4.19. The third-order valence-corrected chi connectivity index (χ3v) is 6.62. The highest BCUT2D eigenvalue weighted by Crippen LogP contribution is 2.35. The molecule has 6 heteroatoms. The molecule has 0 atom stereocenters. The van der Waals surface area contributed by atoms with E-state index in [1.54, 1.807) is 6.20 Å². The van der Waals surface area contributed by atoms with E-state index in [0.717, 1.165) is 22.9 Å². The van der Waals surface area contributed by atoms with Crippen molar-refractivity contribution in [1.82, 2.24) is 14.9 Å². The molecule has 1 fully saturated rings. The van der Waals surface area contributed by atoms with Gasteiger partial charge in [0.2, 0.25) is 0 Å². The van der Waals surface area contributed by atoms with Crippen molar-refractivity contribution >= 4 is 33.3 Å². The number of rotatable bonds is 4. The SMILES string of the molecule is CC(C)(C)C1CCN(Cc2ccc(Oc3nc4ncc(Cl)cc4s3)cc2)CC1. The number of aromatic nitrogens is 2. The Balaban J connectivity index is 1.35. The maximum Gasteiger partial charge on any atom is 0.281 e. The van der Waals surface area contributed by atoms with Crippen LogP contribution in [0, 0.1) is 11.3 Å². The van der Waals surface area contributed by atoms with Crippen LogP contribution in [-0.4, -0.2) is 28.0 Å². The average Bonchev–Trinajstić information content (AvgIpc) is 3.04. The van der Waals surface area contributed by atoms with Gasteiger partial charge in [-0.2, -0.15) is 4.98 Å². The normalized spacial score (nSPS) is 16.6. The highest BCUT2D eigenvalue weighted by molar-refractivity contribution is 7.20. The van der Waals surface area contributed by atoms with Crippen molar-refractivity contribution < 1.29 is 4.74 Å². The van der Waals surface area contributed by atoms with Crippen molar-refractivity contribution in [2.75, 3.05) is 13.1 Å². The highest BCUT2D eigenvalue weighted by Gasteiger charge is 2.28. The fourth-order valence-corrected chi connectivity index (χ4v) is 4.85. The van der Waals surface area contributed by atoms with Crippen molar-refractivity contribution in [1.29, 1.82) is 0 Å². The molecule has 1 aliphatic heterocycles. The number of halogens is 1. The number of nitrogens with zero attached hydrogens (tertiary/aromatic N) is 3. The third-order valence-electron chi connectivity index (χ3n) is 5.54. The third kappa shape index (κ3) is 4.65. The first-order valence-electron chi connectivity index (χ1n) is 9.78. The van der Waals surface area contributed by atoms with Gasteiger partial charge in [-0.25, -0.2) is 4.98 Å². The Labute approximate surface area is 175 Å². The molecule has 0 amide bonds. The number of hydrogen-bond donors (Lipinski definition) is 0. The maximum atomic E-state index is 5.99. The van der Waals surface area contributed by atoms with Gasteiger partial charge in [0, 0.05) is 12.7 Å². The Bertz CT molecular complexity index is 941. The number of fused-ring (bicyclic) bond motifs is 1. The molecule has 0 unspecified atom stereocenters. The molecule has 4 rings (SSSR count). The molecule has 1 aliphatic rings. The van der Waals surface area contributed by atoms with Crippen molar-refractivity contribution in [3.63, 3.8) is 0 Å². The first kappa shape index (κ1) is 19.6. The minimum absolute atomic E-state index is 0.423. The summed E-state index contributed by atoms with van der Waals surface area (Å²) in [5, 5.41) is 1.19. The lowest BCUT2D eigenvalue weighted by atomic mass is 9.75. The molecule has 2 aromatic heterocycles. The zero-order valence-electron chi connectivity index (χ0n) is 16.6. The molecule has 1 aromatic carbocycles. The van der Waals surface area contributed by atoms with Crippen LogP contribution in [0.2, 0.25) is 5.02 Å². The zero-order valence-corrected chi connectivity index (χ0v) is 18.2. The van der Waals surface area contributed by atoms with Crippen LogP contribution in [0.25, 0.3) is 10.3 Å². The fourth-order valence-electron chi connectivity index (χ4n) is 3.80. The number of piperidine rings is 1. The average molecular weight is 416 g/mol. The molecule has 0 bridgehead atoms. The number of pyridine rings is 1. The van der Waals surface area contributed by atoms with Crippen LogP contribution in [-0.2, 0) is 6.54 Å². The largest absolute Gasteiger partial charge is 0.431 e. The molecule has 0 radical (unpaired) electrons. The van der Waals surface area contributed by atoms with Gasteiger partial charge in [0.15, 0.2) is 5.65 Å². The van der Waals surface area contributed by atoms with Gasteiger partial charge < -0.3 is 4.74 Å². The minimum Gasteiger partial charge on any atom is -0.431 e. The van der Waals surface area contributed by atoms with Crippen LogP contribution >= 0.6 is 22.9 Å².